The van der Waals surface area contributed by atoms with Crippen LogP contribution in [-0.2, 0) is 16.1 Å². The molecule has 3 rings (SSSR count). The molecule has 0 unspecified atom stereocenters. The van der Waals surface area contributed by atoms with Crippen LogP contribution in [0.5, 0.6) is 5.75 Å². The molecule has 27 heavy (non-hydrogen) atoms. The SMILES string of the molecule is CC(C)COc1ccc(C2=C(Cl)C(=O)N(Cc3ccccc3F)C2=O)cc1. The van der Waals surface area contributed by atoms with Gasteiger partial charge in [-0.2, -0.15) is 0 Å². The molecule has 1 aliphatic heterocycles. The highest BCUT2D eigenvalue weighted by Crippen LogP contribution is 2.33. The number of rotatable bonds is 6. The van der Waals surface area contributed by atoms with Crippen LogP contribution in [0, 0.1) is 11.7 Å². The van der Waals surface area contributed by atoms with Crippen molar-refractivity contribution < 1.29 is 18.7 Å². The summed E-state index contributed by atoms with van der Waals surface area (Å²) >= 11 is 6.14. The monoisotopic (exact) mass is 387 g/mol. The molecule has 0 spiro atoms. The summed E-state index contributed by atoms with van der Waals surface area (Å²) in [6.07, 6.45) is 0. The third-order valence-electron chi connectivity index (χ3n) is 4.12. The van der Waals surface area contributed by atoms with Crippen molar-refractivity contribution in [2.45, 2.75) is 20.4 Å². The molecular formula is C21H19ClFNO3. The second-order valence-corrected chi connectivity index (χ2v) is 7.08. The number of benzene rings is 2. The first kappa shape index (κ1) is 19.1. The summed E-state index contributed by atoms with van der Waals surface area (Å²) in [4.78, 5) is 26.1. The number of carbonyl (C=O) groups excluding carboxylic acids is 2. The van der Waals surface area contributed by atoms with Crippen molar-refractivity contribution in [1.29, 1.82) is 0 Å². The van der Waals surface area contributed by atoms with E-state index in [1.165, 1.54) is 12.1 Å². The standard InChI is InChI=1S/C21H19ClFNO3/c1-13(2)12-27-16-9-7-14(8-10-16)18-19(22)21(26)24(20(18)25)11-15-5-3-4-6-17(15)23/h3-10,13H,11-12H2,1-2H3. The molecule has 140 valence electrons. The Balaban J connectivity index is 1.81. The third kappa shape index (κ3) is 4.03. The quantitative estimate of drug-likeness (QED) is 0.691. The van der Waals surface area contributed by atoms with E-state index in [4.69, 9.17) is 16.3 Å². The van der Waals surface area contributed by atoms with Gasteiger partial charge in [0.05, 0.1) is 18.7 Å². The highest BCUT2D eigenvalue weighted by atomic mass is 35.5. The molecule has 2 aromatic carbocycles. The van der Waals surface area contributed by atoms with E-state index in [9.17, 15) is 14.0 Å². The summed E-state index contributed by atoms with van der Waals surface area (Å²) in [5, 5.41) is -0.160. The minimum Gasteiger partial charge on any atom is -0.493 e. The van der Waals surface area contributed by atoms with Gasteiger partial charge in [0.25, 0.3) is 11.8 Å². The van der Waals surface area contributed by atoms with E-state index in [-0.39, 0.29) is 22.7 Å². The van der Waals surface area contributed by atoms with Crippen molar-refractivity contribution in [2.24, 2.45) is 5.92 Å². The summed E-state index contributed by atoms with van der Waals surface area (Å²) in [7, 11) is 0. The van der Waals surface area contributed by atoms with Crippen LogP contribution in [0.1, 0.15) is 25.0 Å². The van der Waals surface area contributed by atoms with Crippen molar-refractivity contribution in [3.8, 4) is 5.75 Å². The summed E-state index contributed by atoms with van der Waals surface area (Å²) in [5.74, 6) is -0.578. The minimum atomic E-state index is -0.625. The Morgan fingerprint density at radius 3 is 2.33 bits per heavy atom. The molecule has 2 amide bonds. The first-order valence-corrected chi connectivity index (χ1v) is 8.99. The zero-order valence-electron chi connectivity index (χ0n) is 15.0. The molecule has 2 aromatic rings. The van der Waals surface area contributed by atoms with Crippen LogP contribution < -0.4 is 4.74 Å². The molecule has 0 fully saturated rings. The minimum absolute atomic E-state index is 0.119. The van der Waals surface area contributed by atoms with Crippen LogP contribution >= 0.6 is 11.6 Å². The lowest BCUT2D eigenvalue weighted by atomic mass is 10.1. The van der Waals surface area contributed by atoms with Gasteiger partial charge in [-0.15, -0.1) is 0 Å². The van der Waals surface area contributed by atoms with Crippen molar-refractivity contribution >= 4 is 29.0 Å². The number of hydrogen-bond acceptors (Lipinski definition) is 3. The van der Waals surface area contributed by atoms with Gasteiger partial charge in [0, 0.05) is 5.56 Å². The van der Waals surface area contributed by atoms with Gasteiger partial charge in [-0.1, -0.05) is 55.8 Å². The molecule has 0 bridgehead atoms. The van der Waals surface area contributed by atoms with Crippen molar-refractivity contribution in [1.82, 2.24) is 4.90 Å². The molecule has 0 atom stereocenters. The lowest BCUT2D eigenvalue weighted by Crippen LogP contribution is -2.31. The van der Waals surface area contributed by atoms with Gasteiger partial charge in [0.1, 0.15) is 16.6 Å². The Hall–Kier alpha value is -2.66. The molecule has 0 saturated carbocycles. The third-order valence-corrected chi connectivity index (χ3v) is 4.47. The molecule has 1 aliphatic rings. The molecule has 0 aromatic heterocycles. The molecule has 0 saturated heterocycles. The maximum Gasteiger partial charge on any atom is 0.273 e. The van der Waals surface area contributed by atoms with E-state index in [0.29, 0.717) is 23.8 Å². The number of imide groups is 1. The lowest BCUT2D eigenvalue weighted by molar-refractivity contribution is -0.137. The van der Waals surface area contributed by atoms with E-state index in [2.05, 4.69) is 0 Å². The van der Waals surface area contributed by atoms with Gasteiger partial charge in [-0.25, -0.2) is 4.39 Å². The van der Waals surface area contributed by atoms with E-state index < -0.39 is 17.6 Å². The first-order chi connectivity index (χ1) is 12.9. The summed E-state index contributed by atoms with van der Waals surface area (Å²) in [6, 6.07) is 12.8. The number of amides is 2. The molecule has 6 heteroatoms. The maximum atomic E-state index is 13.9. The van der Waals surface area contributed by atoms with Crippen LogP contribution in [0.2, 0.25) is 0 Å². The average molecular weight is 388 g/mol. The second-order valence-electron chi connectivity index (χ2n) is 6.71. The number of halogens is 2. The van der Waals surface area contributed by atoms with Crippen LogP contribution in [0.25, 0.3) is 5.57 Å². The first-order valence-electron chi connectivity index (χ1n) is 8.61. The molecule has 4 nitrogen and oxygen atoms in total. The van der Waals surface area contributed by atoms with Crippen molar-refractivity contribution in [3.05, 3.63) is 70.5 Å². The zero-order chi connectivity index (χ0) is 19.6. The Morgan fingerprint density at radius 2 is 1.70 bits per heavy atom. The Kier molecular flexibility index (Phi) is 5.61. The van der Waals surface area contributed by atoms with Crippen molar-refractivity contribution in [2.75, 3.05) is 6.61 Å². The average Bonchev–Trinajstić information content (AvgIpc) is 2.86. The van der Waals surface area contributed by atoms with Crippen LogP contribution in [0.15, 0.2) is 53.6 Å². The predicted molar refractivity (Wildman–Crippen MR) is 102 cm³/mol. The summed E-state index contributed by atoms with van der Waals surface area (Å²) < 4.78 is 19.5. The van der Waals surface area contributed by atoms with Gasteiger partial charge >= 0.3 is 0 Å². The van der Waals surface area contributed by atoms with E-state index in [1.54, 1.807) is 36.4 Å². The van der Waals surface area contributed by atoms with E-state index in [0.717, 1.165) is 4.90 Å². The predicted octanol–water partition coefficient (Wildman–Crippen LogP) is 4.38. The van der Waals surface area contributed by atoms with Gasteiger partial charge < -0.3 is 4.74 Å². The van der Waals surface area contributed by atoms with Gasteiger partial charge in [-0.3, -0.25) is 14.5 Å². The highest BCUT2D eigenvalue weighted by molar-refractivity contribution is 6.55. The molecule has 0 N–H and O–H groups in total. The van der Waals surface area contributed by atoms with Gasteiger partial charge in [0.2, 0.25) is 0 Å². The normalized spacial score (nSPS) is 14.5. The van der Waals surface area contributed by atoms with Crippen LogP contribution in [-0.4, -0.2) is 23.3 Å². The molecule has 0 aliphatic carbocycles. The van der Waals surface area contributed by atoms with E-state index in [1.807, 2.05) is 13.8 Å². The Bertz CT molecular complexity index is 906. The number of carbonyl (C=O) groups is 2. The van der Waals surface area contributed by atoms with Crippen molar-refractivity contribution in [3.63, 3.8) is 0 Å². The fourth-order valence-electron chi connectivity index (χ4n) is 2.72. The van der Waals surface area contributed by atoms with E-state index >= 15 is 0 Å². The fourth-order valence-corrected chi connectivity index (χ4v) is 3.01. The maximum absolute atomic E-state index is 13.9. The number of hydrogen-bond donors (Lipinski definition) is 0. The van der Waals surface area contributed by atoms with Gasteiger partial charge in [-0.05, 0) is 29.7 Å². The van der Waals surface area contributed by atoms with Crippen LogP contribution in [0.3, 0.4) is 0 Å². The Morgan fingerprint density at radius 1 is 1.04 bits per heavy atom. The molecule has 1 heterocycles. The topological polar surface area (TPSA) is 46.6 Å². The number of nitrogens with zero attached hydrogens (tertiary/aromatic N) is 1. The highest BCUT2D eigenvalue weighted by Gasteiger charge is 2.38. The number of ether oxygens (including phenoxy) is 1. The second kappa shape index (κ2) is 7.92. The largest absolute Gasteiger partial charge is 0.493 e. The zero-order valence-corrected chi connectivity index (χ0v) is 15.8. The smallest absolute Gasteiger partial charge is 0.273 e. The van der Waals surface area contributed by atoms with Gasteiger partial charge in [0.15, 0.2) is 0 Å². The fraction of sp³-hybridized carbons (Fsp3) is 0.238. The molecular weight excluding hydrogens is 369 g/mol. The Labute approximate surface area is 162 Å². The summed E-state index contributed by atoms with van der Waals surface area (Å²) in [6.45, 7) is 4.51. The lowest BCUT2D eigenvalue weighted by Gasteiger charge is -2.15. The summed E-state index contributed by atoms with van der Waals surface area (Å²) in [5.41, 5.74) is 0.891. The van der Waals surface area contributed by atoms with Crippen LogP contribution in [0.4, 0.5) is 4.39 Å². The molecule has 0 radical (unpaired) electrons.